The number of urea groups is 1. The van der Waals surface area contributed by atoms with Crippen LogP contribution in [0.4, 0.5) is 4.79 Å². The van der Waals surface area contributed by atoms with Gasteiger partial charge in [0.05, 0.1) is 18.6 Å². The van der Waals surface area contributed by atoms with Crippen LogP contribution in [0.3, 0.4) is 0 Å². The van der Waals surface area contributed by atoms with Crippen LogP contribution in [0.5, 0.6) is 0 Å². The van der Waals surface area contributed by atoms with Crippen LogP contribution in [0, 0.1) is 5.92 Å². The number of nitrogens with one attached hydrogen (secondary N) is 1. The number of fused-ring (bicyclic) bond motifs is 4. The molecule has 4 aliphatic heterocycles. The molecule has 29 heavy (non-hydrogen) atoms. The molecule has 4 heterocycles. The average Bonchev–Trinajstić information content (AvgIpc) is 3.24. The van der Waals surface area contributed by atoms with Crippen LogP contribution in [0.2, 0.25) is 0 Å². The van der Waals surface area contributed by atoms with Crippen LogP contribution in [0.25, 0.3) is 0 Å². The molecule has 0 radical (unpaired) electrons. The van der Waals surface area contributed by atoms with Crippen molar-refractivity contribution in [3.8, 4) is 0 Å². The van der Waals surface area contributed by atoms with E-state index in [-0.39, 0.29) is 18.6 Å². The van der Waals surface area contributed by atoms with E-state index in [9.17, 15) is 14.4 Å². The summed E-state index contributed by atoms with van der Waals surface area (Å²) in [4.78, 5) is 40.0. The Morgan fingerprint density at radius 2 is 2.07 bits per heavy atom. The Labute approximate surface area is 167 Å². The molecule has 1 aromatic carbocycles. The third-order valence-electron chi connectivity index (χ3n) is 6.33. The number of rotatable bonds is 5. The predicted molar refractivity (Wildman–Crippen MR) is 98.1 cm³/mol. The first-order valence-corrected chi connectivity index (χ1v) is 9.77. The van der Waals surface area contributed by atoms with Gasteiger partial charge in [0.2, 0.25) is 5.91 Å². The summed E-state index contributed by atoms with van der Waals surface area (Å²) in [5, 5.41) is 2.40. The fourth-order valence-electron chi connectivity index (χ4n) is 5.10. The number of imide groups is 1. The summed E-state index contributed by atoms with van der Waals surface area (Å²) in [6.45, 7) is 3.99. The lowest BCUT2D eigenvalue weighted by Gasteiger charge is -2.36. The van der Waals surface area contributed by atoms with E-state index in [1.165, 1.54) is 6.92 Å². The number of amides is 3. The van der Waals surface area contributed by atoms with Crippen molar-refractivity contribution in [3.63, 3.8) is 0 Å². The zero-order chi connectivity index (χ0) is 20.3. The van der Waals surface area contributed by atoms with Crippen LogP contribution in [-0.4, -0.2) is 71.0 Å². The lowest BCUT2D eigenvalue weighted by molar-refractivity contribution is -0.169. The summed E-state index contributed by atoms with van der Waals surface area (Å²) in [6, 6.07) is 9.10. The highest BCUT2D eigenvalue weighted by Crippen LogP contribution is 2.52. The third-order valence-corrected chi connectivity index (χ3v) is 6.33. The average molecular weight is 401 g/mol. The lowest BCUT2D eigenvalue weighted by atomic mass is 9.99. The minimum atomic E-state index is -0.879. The molecule has 1 aromatic rings. The van der Waals surface area contributed by atoms with Crippen LogP contribution in [-0.2, 0) is 30.4 Å². The molecule has 9 heteroatoms. The highest BCUT2D eigenvalue weighted by Gasteiger charge is 2.74. The topological polar surface area (TPSA) is 97.4 Å². The molecule has 6 atom stereocenters. The molecule has 5 rings (SSSR count). The Morgan fingerprint density at radius 1 is 1.31 bits per heavy atom. The number of carbonyl (C=O) groups is 3. The van der Waals surface area contributed by atoms with Gasteiger partial charge in [0.25, 0.3) is 0 Å². The van der Waals surface area contributed by atoms with Gasteiger partial charge >= 0.3 is 12.0 Å². The van der Waals surface area contributed by atoms with Crippen LogP contribution in [0.1, 0.15) is 19.4 Å². The molecule has 0 aromatic heterocycles. The largest absolute Gasteiger partial charge is 0.463 e. The smallest absolute Gasteiger partial charge is 0.327 e. The molecule has 0 unspecified atom stereocenters. The molecular weight excluding hydrogens is 378 g/mol. The van der Waals surface area contributed by atoms with Crippen molar-refractivity contribution in [1.82, 2.24) is 15.1 Å². The zero-order valence-electron chi connectivity index (χ0n) is 16.2. The van der Waals surface area contributed by atoms with Gasteiger partial charge < -0.3 is 14.2 Å². The van der Waals surface area contributed by atoms with E-state index >= 15 is 0 Å². The second kappa shape index (κ2) is 6.51. The van der Waals surface area contributed by atoms with Crippen molar-refractivity contribution in [2.45, 2.75) is 50.6 Å². The van der Waals surface area contributed by atoms with Crippen molar-refractivity contribution in [3.05, 3.63) is 35.9 Å². The monoisotopic (exact) mass is 401 g/mol. The van der Waals surface area contributed by atoms with Gasteiger partial charge in [-0.2, -0.15) is 0 Å². The first kappa shape index (κ1) is 18.5. The van der Waals surface area contributed by atoms with Gasteiger partial charge in [0.1, 0.15) is 24.5 Å². The standard InChI is InChI=1S/C20H23N3O6/c1-11-16(25)21-19(26)23-17(11)22-9-20(10-28-12(2)24)15(14(22)18(23)29-20)27-8-13-6-4-3-5-7-13/h3-7,11,14-15,17-18H,8-10H2,1-2H3,(H,21,25,26)/t11-,14+,15-,17-,18-,20+/m1/s1. The fourth-order valence-corrected chi connectivity index (χ4v) is 5.10. The molecule has 4 fully saturated rings. The quantitative estimate of drug-likeness (QED) is 0.715. The van der Waals surface area contributed by atoms with E-state index in [1.807, 2.05) is 30.3 Å². The number of carbonyl (C=O) groups excluding carboxylic acids is 3. The number of morpholine rings is 1. The Balaban J connectivity index is 1.46. The van der Waals surface area contributed by atoms with Crippen LogP contribution < -0.4 is 5.32 Å². The summed E-state index contributed by atoms with van der Waals surface area (Å²) >= 11 is 0. The van der Waals surface area contributed by atoms with E-state index < -0.39 is 42.0 Å². The summed E-state index contributed by atoms with van der Waals surface area (Å²) in [6.07, 6.45) is -1.34. The van der Waals surface area contributed by atoms with Crippen LogP contribution in [0.15, 0.2) is 30.3 Å². The Kier molecular flexibility index (Phi) is 4.16. The number of ether oxygens (including phenoxy) is 3. The van der Waals surface area contributed by atoms with Gasteiger partial charge in [-0.25, -0.2) is 4.79 Å². The lowest BCUT2D eigenvalue weighted by Crippen LogP contribution is -2.61. The van der Waals surface area contributed by atoms with Gasteiger partial charge in [-0.05, 0) is 5.56 Å². The Bertz CT molecular complexity index is 863. The van der Waals surface area contributed by atoms with Crippen LogP contribution >= 0.6 is 0 Å². The second-order valence-electron chi connectivity index (χ2n) is 8.14. The normalized spacial score (nSPS) is 37.6. The molecule has 4 saturated heterocycles. The van der Waals surface area contributed by atoms with Gasteiger partial charge in [0, 0.05) is 13.5 Å². The van der Waals surface area contributed by atoms with Gasteiger partial charge in [0.15, 0.2) is 6.23 Å². The maximum Gasteiger partial charge on any atom is 0.327 e. The van der Waals surface area contributed by atoms with Crippen molar-refractivity contribution >= 4 is 17.9 Å². The maximum absolute atomic E-state index is 12.6. The SMILES string of the molecule is CC(=O)OC[C@]12CN3[C@H]([C@@H](O1)N1C(=O)NC(=O)[C@@H](C)[C@H]31)[C@H]2OCc1ccccc1. The number of hydrogen-bond acceptors (Lipinski definition) is 7. The van der Waals surface area contributed by atoms with Crippen molar-refractivity contribution in [1.29, 1.82) is 0 Å². The van der Waals surface area contributed by atoms with E-state index in [1.54, 1.807) is 11.8 Å². The fraction of sp³-hybridized carbons (Fsp3) is 0.550. The number of esters is 1. The maximum atomic E-state index is 12.6. The molecule has 2 bridgehead atoms. The molecule has 3 amide bonds. The number of hydrogen-bond donors (Lipinski definition) is 1. The molecule has 9 nitrogen and oxygen atoms in total. The van der Waals surface area contributed by atoms with Gasteiger partial charge in [-0.15, -0.1) is 0 Å². The molecule has 154 valence electrons. The summed E-state index contributed by atoms with van der Waals surface area (Å²) in [5.74, 6) is -1.10. The van der Waals surface area contributed by atoms with E-state index in [2.05, 4.69) is 10.2 Å². The van der Waals surface area contributed by atoms with E-state index in [4.69, 9.17) is 14.2 Å². The Hall–Kier alpha value is -2.49. The number of benzene rings is 1. The third kappa shape index (κ3) is 2.68. The highest BCUT2D eigenvalue weighted by atomic mass is 16.6. The first-order valence-electron chi connectivity index (χ1n) is 9.77. The minimum absolute atomic E-state index is 0.0375. The zero-order valence-corrected chi connectivity index (χ0v) is 16.2. The van der Waals surface area contributed by atoms with E-state index in [0.717, 1.165) is 5.56 Å². The molecule has 0 spiro atoms. The molecule has 1 N–H and O–H groups in total. The summed E-state index contributed by atoms with van der Waals surface area (Å²) in [5.41, 5.74) is 0.138. The van der Waals surface area contributed by atoms with Gasteiger partial charge in [-0.1, -0.05) is 37.3 Å². The van der Waals surface area contributed by atoms with E-state index in [0.29, 0.717) is 13.2 Å². The van der Waals surface area contributed by atoms with Crippen molar-refractivity contribution < 1.29 is 28.6 Å². The second-order valence-corrected chi connectivity index (χ2v) is 8.14. The molecule has 0 saturated carbocycles. The molecule has 0 aliphatic carbocycles. The van der Waals surface area contributed by atoms with Gasteiger partial charge in [-0.3, -0.25) is 24.7 Å². The molecule has 4 aliphatic rings. The first-order chi connectivity index (χ1) is 13.9. The van der Waals surface area contributed by atoms with Crippen molar-refractivity contribution in [2.75, 3.05) is 13.2 Å². The summed E-state index contributed by atoms with van der Waals surface area (Å²) in [7, 11) is 0. The Morgan fingerprint density at radius 3 is 2.79 bits per heavy atom. The minimum Gasteiger partial charge on any atom is -0.463 e. The highest BCUT2D eigenvalue weighted by molar-refractivity contribution is 5.98. The summed E-state index contributed by atoms with van der Waals surface area (Å²) < 4.78 is 17.9. The number of nitrogens with zero attached hydrogens (tertiary/aromatic N) is 2. The molecular formula is C20H23N3O6. The predicted octanol–water partition coefficient (Wildman–Crippen LogP) is 0.442. The van der Waals surface area contributed by atoms with Crippen molar-refractivity contribution in [2.24, 2.45) is 5.92 Å².